The van der Waals surface area contributed by atoms with Gasteiger partial charge >= 0.3 is 0 Å². The second-order valence-corrected chi connectivity index (χ2v) is 4.22. The first-order valence-corrected chi connectivity index (χ1v) is 5.34. The van der Waals surface area contributed by atoms with Crippen LogP contribution in [0.15, 0.2) is 4.99 Å². The van der Waals surface area contributed by atoms with E-state index in [0.29, 0.717) is 0 Å². The molecule has 0 N–H and O–H groups in total. The minimum atomic E-state index is -0.384. The number of hydrogen-bond acceptors (Lipinski definition) is 4. The monoisotopic (exact) mass is 218 g/mol. The van der Waals surface area contributed by atoms with Gasteiger partial charge in [0.15, 0.2) is 11.9 Å². The van der Waals surface area contributed by atoms with E-state index in [9.17, 15) is 0 Å². The lowest BCUT2D eigenvalue weighted by Crippen LogP contribution is -2.37. The van der Waals surface area contributed by atoms with E-state index in [1.54, 1.807) is 0 Å². The lowest BCUT2D eigenvalue weighted by Gasteiger charge is -2.30. The van der Waals surface area contributed by atoms with Crippen molar-refractivity contribution >= 4 is 18.0 Å². The highest BCUT2D eigenvalue weighted by atomic mass is 35.5. The maximum absolute atomic E-state index is 5.87. The Morgan fingerprint density at radius 1 is 1.50 bits per heavy atom. The van der Waals surface area contributed by atoms with Crippen LogP contribution in [0.2, 0.25) is 0 Å². The highest BCUT2D eigenvalue weighted by Crippen LogP contribution is 2.21. The Kier molecular flexibility index (Phi) is 3.26. The van der Waals surface area contributed by atoms with E-state index in [0.717, 1.165) is 25.9 Å². The third kappa shape index (κ3) is 2.38. The Morgan fingerprint density at radius 2 is 2.21 bits per heavy atom. The summed E-state index contributed by atoms with van der Waals surface area (Å²) in [6.45, 7) is 2.15. The molecule has 5 heteroatoms. The number of likely N-dealkylation sites (tertiary alicyclic amines) is 1. The van der Waals surface area contributed by atoms with E-state index >= 15 is 0 Å². The molecule has 1 fully saturated rings. The number of hydrogen-bond donors (Lipinski definition) is 0. The first kappa shape index (κ1) is 10.2. The maximum atomic E-state index is 5.87. The molecule has 2 aliphatic rings. The van der Waals surface area contributed by atoms with Crippen LogP contribution in [0.5, 0.6) is 0 Å². The Morgan fingerprint density at radius 3 is 2.79 bits per heavy atom. The standard InChI is InChI=1S/C9H15ClN2O2/c1-12-4-2-7(3-5-12)14-9-8(10)11-6-13-9/h6-9H,2-5H2,1H3. The van der Waals surface area contributed by atoms with Crippen LogP contribution >= 0.6 is 11.6 Å². The molecule has 0 aromatic carbocycles. The van der Waals surface area contributed by atoms with Crippen molar-refractivity contribution in [1.82, 2.24) is 4.90 Å². The number of aliphatic imine (C=N–C) groups is 1. The lowest BCUT2D eigenvalue weighted by molar-refractivity contribution is -0.126. The molecule has 2 aliphatic heterocycles. The van der Waals surface area contributed by atoms with Crippen molar-refractivity contribution < 1.29 is 9.47 Å². The molecular weight excluding hydrogens is 204 g/mol. The minimum absolute atomic E-state index is 0.263. The molecular formula is C9H15ClN2O2. The molecule has 0 radical (unpaired) electrons. The van der Waals surface area contributed by atoms with Crippen LogP contribution in [-0.4, -0.2) is 49.3 Å². The van der Waals surface area contributed by atoms with Gasteiger partial charge in [0.05, 0.1) is 6.10 Å². The van der Waals surface area contributed by atoms with Crippen molar-refractivity contribution in [3.05, 3.63) is 0 Å². The number of piperidine rings is 1. The van der Waals surface area contributed by atoms with Gasteiger partial charge in [0.2, 0.25) is 6.29 Å². The van der Waals surface area contributed by atoms with Crippen LogP contribution in [0.4, 0.5) is 0 Å². The van der Waals surface area contributed by atoms with Gasteiger partial charge in [-0.1, -0.05) is 11.6 Å². The highest BCUT2D eigenvalue weighted by Gasteiger charge is 2.29. The molecule has 0 aromatic heterocycles. The van der Waals surface area contributed by atoms with Gasteiger partial charge in [-0.25, -0.2) is 4.99 Å². The summed E-state index contributed by atoms with van der Waals surface area (Å²) < 4.78 is 10.8. The van der Waals surface area contributed by atoms with Crippen LogP contribution in [0.1, 0.15) is 12.8 Å². The topological polar surface area (TPSA) is 34.1 Å². The predicted octanol–water partition coefficient (Wildman–Crippen LogP) is 1.05. The van der Waals surface area contributed by atoms with Crippen LogP contribution in [0.3, 0.4) is 0 Å². The first-order valence-electron chi connectivity index (χ1n) is 4.91. The molecule has 0 bridgehead atoms. The second kappa shape index (κ2) is 4.47. The minimum Gasteiger partial charge on any atom is -0.451 e. The number of ether oxygens (including phenoxy) is 2. The normalized spacial score (nSPS) is 34.7. The number of alkyl halides is 1. The summed E-state index contributed by atoms with van der Waals surface area (Å²) in [6.07, 6.45) is 3.33. The second-order valence-electron chi connectivity index (χ2n) is 3.77. The number of halogens is 1. The molecule has 4 nitrogen and oxygen atoms in total. The molecule has 0 aromatic rings. The zero-order valence-corrected chi connectivity index (χ0v) is 8.98. The summed E-state index contributed by atoms with van der Waals surface area (Å²) in [5.41, 5.74) is -0.380. The van der Waals surface area contributed by atoms with Gasteiger partial charge in [0.25, 0.3) is 0 Å². The van der Waals surface area contributed by atoms with Gasteiger partial charge in [0, 0.05) is 13.1 Å². The summed E-state index contributed by atoms with van der Waals surface area (Å²) in [7, 11) is 2.12. The molecule has 0 aliphatic carbocycles. The lowest BCUT2D eigenvalue weighted by atomic mass is 10.1. The van der Waals surface area contributed by atoms with Gasteiger partial charge in [-0.05, 0) is 19.9 Å². The zero-order chi connectivity index (χ0) is 9.97. The van der Waals surface area contributed by atoms with Gasteiger partial charge in [-0.3, -0.25) is 0 Å². The predicted molar refractivity (Wildman–Crippen MR) is 54.6 cm³/mol. The fourth-order valence-electron chi connectivity index (χ4n) is 1.70. The highest BCUT2D eigenvalue weighted by molar-refractivity contribution is 6.21. The van der Waals surface area contributed by atoms with Crippen molar-refractivity contribution in [1.29, 1.82) is 0 Å². The molecule has 2 unspecified atom stereocenters. The van der Waals surface area contributed by atoms with E-state index in [2.05, 4.69) is 16.9 Å². The molecule has 2 atom stereocenters. The maximum Gasteiger partial charge on any atom is 0.238 e. The summed E-state index contributed by atoms with van der Waals surface area (Å²) >= 11 is 5.87. The fourth-order valence-corrected chi connectivity index (χ4v) is 1.86. The van der Waals surface area contributed by atoms with Crippen molar-refractivity contribution in [2.75, 3.05) is 20.1 Å². The van der Waals surface area contributed by atoms with Crippen LogP contribution in [-0.2, 0) is 9.47 Å². The van der Waals surface area contributed by atoms with E-state index in [4.69, 9.17) is 21.1 Å². The molecule has 0 amide bonds. The Bertz CT molecular complexity index is 217. The fraction of sp³-hybridized carbons (Fsp3) is 0.889. The number of rotatable bonds is 2. The van der Waals surface area contributed by atoms with E-state index in [1.807, 2.05) is 0 Å². The van der Waals surface area contributed by atoms with Gasteiger partial charge in [-0.2, -0.15) is 0 Å². The van der Waals surface area contributed by atoms with Crippen molar-refractivity contribution in [3.8, 4) is 0 Å². The summed E-state index contributed by atoms with van der Waals surface area (Å²) in [5, 5.41) is 0. The Balaban J connectivity index is 1.75. The third-order valence-electron chi connectivity index (χ3n) is 2.61. The van der Waals surface area contributed by atoms with E-state index in [-0.39, 0.29) is 17.9 Å². The molecule has 0 saturated carbocycles. The molecule has 0 spiro atoms. The smallest absolute Gasteiger partial charge is 0.238 e. The van der Waals surface area contributed by atoms with Crippen molar-refractivity contribution in [2.24, 2.45) is 4.99 Å². The van der Waals surface area contributed by atoms with Gasteiger partial charge in [-0.15, -0.1) is 0 Å². The average molecular weight is 219 g/mol. The molecule has 80 valence electrons. The van der Waals surface area contributed by atoms with Gasteiger partial charge in [0.1, 0.15) is 0 Å². The third-order valence-corrected chi connectivity index (χ3v) is 2.93. The Labute approximate surface area is 88.8 Å². The van der Waals surface area contributed by atoms with Crippen molar-refractivity contribution in [3.63, 3.8) is 0 Å². The number of nitrogens with zero attached hydrogens (tertiary/aromatic N) is 2. The molecule has 2 rings (SSSR count). The summed E-state index contributed by atoms with van der Waals surface area (Å²) in [4.78, 5) is 6.18. The van der Waals surface area contributed by atoms with Crippen molar-refractivity contribution in [2.45, 2.75) is 30.7 Å². The average Bonchev–Trinajstić information content (AvgIpc) is 2.56. The van der Waals surface area contributed by atoms with E-state index in [1.165, 1.54) is 6.40 Å². The summed E-state index contributed by atoms with van der Waals surface area (Å²) in [6, 6.07) is 0. The Hall–Kier alpha value is -0.320. The first-order chi connectivity index (χ1) is 6.75. The summed E-state index contributed by atoms with van der Waals surface area (Å²) in [5.74, 6) is 0. The van der Waals surface area contributed by atoms with E-state index < -0.39 is 0 Å². The van der Waals surface area contributed by atoms with Crippen LogP contribution in [0, 0.1) is 0 Å². The molecule has 2 heterocycles. The molecule has 14 heavy (non-hydrogen) atoms. The molecule has 1 saturated heterocycles. The quantitative estimate of drug-likeness (QED) is 0.513. The van der Waals surface area contributed by atoms with Crippen LogP contribution < -0.4 is 0 Å². The zero-order valence-electron chi connectivity index (χ0n) is 8.23. The van der Waals surface area contributed by atoms with Crippen LogP contribution in [0.25, 0.3) is 0 Å². The van der Waals surface area contributed by atoms with Gasteiger partial charge < -0.3 is 14.4 Å². The SMILES string of the molecule is CN1CCC(OC2OC=NC2Cl)CC1. The largest absolute Gasteiger partial charge is 0.451 e.